The number of benzene rings is 1. The zero-order valence-corrected chi connectivity index (χ0v) is 10.5. The van der Waals surface area contributed by atoms with Crippen LogP contribution in [0.2, 0.25) is 10.0 Å². The molecule has 0 spiro atoms. The van der Waals surface area contributed by atoms with Crippen molar-refractivity contribution in [3.8, 4) is 0 Å². The number of hydrogen-bond donors (Lipinski definition) is 1. The SMILES string of the molecule is CC1OCCC1C(O)c1cccc(Cl)c1Cl. The second-order valence-corrected chi connectivity index (χ2v) is 4.90. The molecule has 3 atom stereocenters. The molecule has 1 aromatic carbocycles. The highest BCUT2D eigenvalue weighted by Gasteiger charge is 2.32. The Labute approximate surface area is 105 Å². The molecule has 1 aliphatic heterocycles. The molecule has 0 aromatic heterocycles. The van der Waals surface area contributed by atoms with Crippen LogP contribution >= 0.6 is 23.2 Å². The predicted molar refractivity (Wildman–Crippen MR) is 64.9 cm³/mol. The Morgan fingerprint density at radius 3 is 2.81 bits per heavy atom. The maximum Gasteiger partial charge on any atom is 0.0858 e. The second-order valence-electron chi connectivity index (χ2n) is 4.12. The van der Waals surface area contributed by atoms with Gasteiger partial charge in [0.1, 0.15) is 0 Å². The van der Waals surface area contributed by atoms with Gasteiger partial charge in [-0.2, -0.15) is 0 Å². The van der Waals surface area contributed by atoms with Crippen molar-refractivity contribution >= 4 is 23.2 Å². The van der Waals surface area contributed by atoms with E-state index in [1.807, 2.05) is 13.0 Å². The standard InChI is InChI=1S/C12H14Cl2O2/c1-7-8(5-6-16-7)12(15)9-3-2-4-10(13)11(9)14/h2-4,7-8,12,15H,5-6H2,1H3. The van der Waals surface area contributed by atoms with Crippen LogP contribution in [-0.2, 0) is 4.74 Å². The van der Waals surface area contributed by atoms with E-state index in [4.69, 9.17) is 27.9 Å². The zero-order valence-electron chi connectivity index (χ0n) is 8.99. The van der Waals surface area contributed by atoms with Gasteiger partial charge in [0.15, 0.2) is 0 Å². The van der Waals surface area contributed by atoms with Gasteiger partial charge in [0.2, 0.25) is 0 Å². The fraction of sp³-hybridized carbons (Fsp3) is 0.500. The van der Waals surface area contributed by atoms with E-state index in [9.17, 15) is 5.11 Å². The Hall–Kier alpha value is -0.280. The first-order chi connectivity index (χ1) is 7.61. The molecule has 2 rings (SSSR count). The second kappa shape index (κ2) is 4.92. The zero-order chi connectivity index (χ0) is 11.7. The average Bonchev–Trinajstić information content (AvgIpc) is 2.68. The molecular weight excluding hydrogens is 247 g/mol. The molecule has 4 heteroatoms. The monoisotopic (exact) mass is 260 g/mol. The third kappa shape index (κ3) is 2.21. The van der Waals surface area contributed by atoms with E-state index >= 15 is 0 Å². The number of halogens is 2. The van der Waals surface area contributed by atoms with Crippen molar-refractivity contribution in [3.05, 3.63) is 33.8 Å². The van der Waals surface area contributed by atoms with E-state index in [1.54, 1.807) is 12.1 Å². The normalized spacial score (nSPS) is 27.0. The van der Waals surface area contributed by atoms with E-state index in [2.05, 4.69) is 0 Å². The molecule has 0 radical (unpaired) electrons. The Bertz CT molecular complexity index is 381. The summed E-state index contributed by atoms with van der Waals surface area (Å²) in [6, 6.07) is 5.33. The molecule has 0 aliphatic carbocycles. The lowest BCUT2D eigenvalue weighted by molar-refractivity contribution is 0.0432. The van der Waals surface area contributed by atoms with Gasteiger partial charge in [-0.1, -0.05) is 35.3 Å². The Kier molecular flexibility index (Phi) is 3.75. The van der Waals surface area contributed by atoms with Crippen molar-refractivity contribution in [1.29, 1.82) is 0 Å². The summed E-state index contributed by atoms with van der Waals surface area (Å²) >= 11 is 12.0. The molecule has 1 aliphatic rings. The molecule has 1 aromatic rings. The van der Waals surface area contributed by atoms with Crippen LogP contribution in [-0.4, -0.2) is 17.8 Å². The molecule has 2 nitrogen and oxygen atoms in total. The van der Waals surface area contributed by atoms with Gasteiger partial charge in [-0.05, 0) is 19.4 Å². The van der Waals surface area contributed by atoms with Gasteiger partial charge < -0.3 is 9.84 Å². The van der Waals surface area contributed by atoms with E-state index in [0.717, 1.165) is 6.42 Å². The van der Waals surface area contributed by atoms with E-state index < -0.39 is 6.10 Å². The number of rotatable bonds is 2. The summed E-state index contributed by atoms with van der Waals surface area (Å²) in [5.74, 6) is 0.0935. The molecule has 0 bridgehead atoms. The number of aliphatic hydroxyl groups excluding tert-OH is 1. The van der Waals surface area contributed by atoms with Crippen LogP contribution in [0.25, 0.3) is 0 Å². The molecule has 88 valence electrons. The highest BCUT2D eigenvalue weighted by Crippen LogP contribution is 2.38. The van der Waals surface area contributed by atoms with Crippen LogP contribution in [0.5, 0.6) is 0 Å². The van der Waals surface area contributed by atoms with Crippen LogP contribution in [0, 0.1) is 5.92 Å². The first-order valence-corrected chi connectivity index (χ1v) is 6.10. The lowest BCUT2D eigenvalue weighted by Gasteiger charge is -2.22. The first-order valence-electron chi connectivity index (χ1n) is 5.35. The van der Waals surface area contributed by atoms with Gasteiger partial charge >= 0.3 is 0 Å². The summed E-state index contributed by atoms with van der Waals surface area (Å²) in [4.78, 5) is 0. The topological polar surface area (TPSA) is 29.5 Å². The molecule has 1 saturated heterocycles. The Morgan fingerprint density at radius 2 is 2.19 bits per heavy atom. The maximum absolute atomic E-state index is 10.3. The van der Waals surface area contributed by atoms with Crippen LogP contribution in [0.3, 0.4) is 0 Å². The van der Waals surface area contributed by atoms with Gasteiger partial charge in [0, 0.05) is 18.1 Å². The molecule has 0 saturated carbocycles. The largest absolute Gasteiger partial charge is 0.388 e. The van der Waals surface area contributed by atoms with Crippen molar-refractivity contribution in [2.75, 3.05) is 6.61 Å². The molecule has 1 heterocycles. The lowest BCUT2D eigenvalue weighted by atomic mass is 9.91. The number of ether oxygens (including phenoxy) is 1. The molecule has 1 fully saturated rings. The third-order valence-corrected chi connectivity index (χ3v) is 3.97. The van der Waals surface area contributed by atoms with Crippen molar-refractivity contribution in [2.24, 2.45) is 5.92 Å². The highest BCUT2D eigenvalue weighted by atomic mass is 35.5. The van der Waals surface area contributed by atoms with Crippen LogP contribution in [0.4, 0.5) is 0 Å². The van der Waals surface area contributed by atoms with E-state index in [0.29, 0.717) is 22.2 Å². The average molecular weight is 261 g/mol. The summed E-state index contributed by atoms with van der Waals surface area (Å²) in [5, 5.41) is 11.2. The quantitative estimate of drug-likeness (QED) is 0.883. The summed E-state index contributed by atoms with van der Waals surface area (Å²) in [6.45, 7) is 2.67. The van der Waals surface area contributed by atoms with E-state index in [-0.39, 0.29) is 12.0 Å². The fourth-order valence-electron chi connectivity index (χ4n) is 2.14. The summed E-state index contributed by atoms with van der Waals surface area (Å²) in [5.41, 5.74) is 0.691. The van der Waals surface area contributed by atoms with Gasteiger partial charge in [-0.15, -0.1) is 0 Å². The van der Waals surface area contributed by atoms with Crippen LogP contribution in [0.15, 0.2) is 18.2 Å². The van der Waals surface area contributed by atoms with Crippen molar-refractivity contribution < 1.29 is 9.84 Å². The van der Waals surface area contributed by atoms with Gasteiger partial charge in [-0.25, -0.2) is 0 Å². The van der Waals surface area contributed by atoms with Crippen molar-refractivity contribution in [2.45, 2.75) is 25.6 Å². The fourth-order valence-corrected chi connectivity index (χ4v) is 2.56. The Morgan fingerprint density at radius 1 is 1.44 bits per heavy atom. The van der Waals surface area contributed by atoms with Gasteiger partial charge in [0.25, 0.3) is 0 Å². The lowest BCUT2D eigenvalue weighted by Crippen LogP contribution is -2.20. The minimum absolute atomic E-state index is 0.0602. The maximum atomic E-state index is 10.3. The summed E-state index contributed by atoms with van der Waals surface area (Å²) < 4.78 is 5.44. The number of aliphatic hydroxyl groups is 1. The molecule has 16 heavy (non-hydrogen) atoms. The predicted octanol–water partition coefficient (Wildman–Crippen LogP) is 3.45. The number of hydrogen-bond acceptors (Lipinski definition) is 2. The minimum atomic E-state index is -0.608. The highest BCUT2D eigenvalue weighted by molar-refractivity contribution is 6.42. The minimum Gasteiger partial charge on any atom is -0.388 e. The van der Waals surface area contributed by atoms with E-state index in [1.165, 1.54) is 0 Å². The molecular formula is C12H14Cl2O2. The smallest absolute Gasteiger partial charge is 0.0858 e. The molecule has 1 N–H and O–H groups in total. The first kappa shape index (κ1) is 12.2. The summed E-state index contributed by atoms with van der Waals surface area (Å²) in [7, 11) is 0. The van der Waals surface area contributed by atoms with Gasteiger partial charge in [-0.3, -0.25) is 0 Å². The molecule has 3 unspecified atom stereocenters. The Balaban J connectivity index is 2.26. The van der Waals surface area contributed by atoms with Crippen LogP contribution < -0.4 is 0 Å². The third-order valence-electron chi connectivity index (χ3n) is 3.14. The van der Waals surface area contributed by atoms with Gasteiger partial charge in [0.05, 0.1) is 22.3 Å². The molecule has 0 amide bonds. The van der Waals surface area contributed by atoms with Crippen LogP contribution in [0.1, 0.15) is 25.0 Å². The van der Waals surface area contributed by atoms with Crippen molar-refractivity contribution in [3.63, 3.8) is 0 Å². The summed E-state index contributed by atoms with van der Waals surface area (Å²) in [6.07, 6.45) is 0.305. The van der Waals surface area contributed by atoms with Crippen molar-refractivity contribution in [1.82, 2.24) is 0 Å².